The molecular formula is C26H28N4O4. The second kappa shape index (κ2) is 8.87. The molecule has 176 valence electrons. The molecule has 4 aromatic rings. The highest BCUT2D eigenvalue weighted by atomic mass is 16.4. The Balaban J connectivity index is 1.36. The van der Waals surface area contributed by atoms with Crippen molar-refractivity contribution in [3.05, 3.63) is 82.2 Å². The lowest BCUT2D eigenvalue weighted by molar-refractivity contribution is 0.0995. The minimum atomic E-state index is -0.409. The number of benzene rings is 2. The first-order valence-electron chi connectivity index (χ1n) is 11.4. The Bertz CT molecular complexity index is 1400. The van der Waals surface area contributed by atoms with Crippen molar-refractivity contribution in [1.82, 2.24) is 9.47 Å². The fraction of sp³-hybridized carbons (Fsp3) is 0.308. The summed E-state index contributed by atoms with van der Waals surface area (Å²) in [5, 5.41) is 2.91. The fourth-order valence-electron chi connectivity index (χ4n) is 4.55. The molecule has 1 atom stereocenters. The summed E-state index contributed by atoms with van der Waals surface area (Å²) in [6.07, 6.45) is 2.53. The summed E-state index contributed by atoms with van der Waals surface area (Å²) >= 11 is 0. The van der Waals surface area contributed by atoms with Crippen LogP contribution in [0.5, 0.6) is 0 Å². The van der Waals surface area contributed by atoms with Crippen molar-refractivity contribution in [2.45, 2.75) is 32.5 Å². The summed E-state index contributed by atoms with van der Waals surface area (Å²) in [7, 11) is 3.89. The van der Waals surface area contributed by atoms with E-state index in [9.17, 15) is 9.59 Å². The zero-order valence-corrected chi connectivity index (χ0v) is 19.6. The van der Waals surface area contributed by atoms with E-state index in [4.69, 9.17) is 8.83 Å². The third-order valence-corrected chi connectivity index (χ3v) is 6.34. The molecule has 0 fully saturated rings. The van der Waals surface area contributed by atoms with Crippen LogP contribution in [0.15, 0.2) is 68.4 Å². The van der Waals surface area contributed by atoms with Crippen molar-refractivity contribution in [3.8, 4) is 0 Å². The molecule has 0 saturated heterocycles. The van der Waals surface area contributed by atoms with Crippen LogP contribution in [-0.2, 0) is 19.5 Å². The number of oxazole rings is 1. The fourth-order valence-corrected chi connectivity index (χ4v) is 4.55. The van der Waals surface area contributed by atoms with E-state index in [-0.39, 0.29) is 11.7 Å². The van der Waals surface area contributed by atoms with Gasteiger partial charge in [0.1, 0.15) is 0 Å². The first-order chi connectivity index (χ1) is 16.4. The van der Waals surface area contributed by atoms with E-state index < -0.39 is 5.76 Å². The van der Waals surface area contributed by atoms with E-state index in [1.54, 1.807) is 29.0 Å². The number of nitrogens with one attached hydrogen (secondary N) is 1. The number of fused-ring (bicyclic) bond motifs is 2. The molecule has 8 heteroatoms. The van der Waals surface area contributed by atoms with Gasteiger partial charge >= 0.3 is 5.76 Å². The second-order valence-corrected chi connectivity index (χ2v) is 9.04. The summed E-state index contributed by atoms with van der Waals surface area (Å²) < 4.78 is 12.5. The molecule has 2 aromatic carbocycles. The van der Waals surface area contributed by atoms with Crippen LogP contribution in [0, 0.1) is 0 Å². The maximum atomic E-state index is 13.1. The highest BCUT2D eigenvalue weighted by Crippen LogP contribution is 2.33. The number of para-hydroxylation sites is 1. The minimum Gasteiger partial charge on any atom is -0.459 e. The van der Waals surface area contributed by atoms with Gasteiger partial charge in [0.2, 0.25) is 0 Å². The molecule has 1 N–H and O–H groups in total. The average Bonchev–Trinajstić information content (AvgIpc) is 3.48. The Morgan fingerprint density at radius 3 is 2.82 bits per heavy atom. The molecule has 0 saturated carbocycles. The number of likely N-dealkylation sites (N-methyl/N-ethyl adjacent to an activating group) is 1. The van der Waals surface area contributed by atoms with Crippen molar-refractivity contribution in [2.75, 3.05) is 30.9 Å². The number of aromatic nitrogens is 1. The number of rotatable bonds is 7. The van der Waals surface area contributed by atoms with Crippen LogP contribution >= 0.6 is 0 Å². The lowest BCUT2D eigenvalue weighted by atomic mass is 10.1. The molecule has 0 radical (unpaired) electrons. The summed E-state index contributed by atoms with van der Waals surface area (Å²) in [6, 6.07) is 15.7. The third kappa shape index (κ3) is 4.12. The molecule has 1 aliphatic heterocycles. The minimum absolute atomic E-state index is 0.286. The summed E-state index contributed by atoms with van der Waals surface area (Å²) in [4.78, 5) is 29.7. The number of amides is 1. The maximum Gasteiger partial charge on any atom is 0.419 e. The molecule has 2 aromatic heterocycles. The Morgan fingerprint density at radius 1 is 1.18 bits per heavy atom. The largest absolute Gasteiger partial charge is 0.459 e. The first kappa shape index (κ1) is 22.0. The zero-order valence-electron chi connectivity index (χ0n) is 19.6. The number of nitrogens with zero attached hydrogens (tertiary/aromatic N) is 3. The number of furan rings is 1. The third-order valence-electron chi connectivity index (χ3n) is 6.34. The lowest BCUT2D eigenvalue weighted by Crippen LogP contribution is -2.29. The lowest BCUT2D eigenvalue weighted by Gasteiger charge is -2.24. The van der Waals surface area contributed by atoms with Gasteiger partial charge in [0.25, 0.3) is 5.91 Å². The van der Waals surface area contributed by atoms with Crippen molar-refractivity contribution in [1.29, 1.82) is 0 Å². The van der Waals surface area contributed by atoms with Crippen LogP contribution < -0.4 is 16.0 Å². The van der Waals surface area contributed by atoms with Crippen molar-refractivity contribution in [2.24, 2.45) is 0 Å². The number of hydrogen-bond donors (Lipinski definition) is 1. The topological polar surface area (TPSA) is 83.9 Å². The number of hydrogen-bond acceptors (Lipinski definition) is 6. The molecule has 5 rings (SSSR count). The number of carbonyl (C=O) groups is 1. The summed E-state index contributed by atoms with van der Waals surface area (Å²) in [5.41, 5.74) is 5.04. The molecule has 0 aliphatic carbocycles. The Morgan fingerprint density at radius 2 is 2.00 bits per heavy atom. The molecule has 0 spiro atoms. The quantitative estimate of drug-likeness (QED) is 0.450. The number of carbonyl (C=O) groups excluding carboxylic acids is 1. The van der Waals surface area contributed by atoms with Crippen molar-refractivity contribution in [3.63, 3.8) is 0 Å². The van der Waals surface area contributed by atoms with Crippen molar-refractivity contribution < 1.29 is 13.6 Å². The van der Waals surface area contributed by atoms with Crippen LogP contribution in [0.3, 0.4) is 0 Å². The summed E-state index contributed by atoms with van der Waals surface area (Å²) in [6.45, 7) is 3.96. The normalized spacial score (nSPS) is 15.3. The highest BCUT2D eigenvalue weighted by molar-refractivity contribution is 6.04. The Kier molecular flexibility index (Phi) is 5.75. The Hall–Kier alpha value is -3.78. The van der Waals surface area contributed by atoms with Gasteiger partial charge in [-0.1, -0.05) is 18.2 Å². The van der Waals surface area contributed by atoms with Crippen LogP contribution in [0.2, 0.25) is 0 Å². The Labute approximate surface area is 197 Å². The average molecular weight is 461 g/mol. The highest BCUT2D eigenvalue weighted by Gasteiger charge is 2.27. The molecular weight excluding hydrogens is 432 g/mol. The van der Waals surface area contributed by atoms with Gasteiger partial charge in [-0.25, -0.2) is 4.79 Å². The van der Waals surface area contributed by atoms with Gasteiger partial charge in [0, 0.05) is 42.6 Å². The molecule has 1 aliphatic rings. The van der Waals surface area contributed by atoms with E-state index in [1.165, 1.54) is 11.3 Å². The van der Waals surface area contributed by atoms with E-state index in [0.29, 0.717) is 42.5 Å². The zero-order chi connectivity index (χ0) is 23.8. The van der Waals surface area contributed by atoms with Gasteiger partial charge in [0.15, 0.2) is 11.3 Å². The van der Waals surface area contributed by atoms with Gasteiger partial charge < -0.3 is 24.0 Å². The molecule has 8 nitrogen and oxygen atoms in total. The van der Waals surface area contributed by atoms with Crippen LogP contribution in [-0.4, -0.2) is 42.1 Å². The van der Waals surface area contributed by atoms with E-state index in [0.717, 1.165) is 12.0 Å². The van der Waals surface area contributed by atoms with Gasteiger partial charge in [-0.2, -0.15) is 0 Å². The van der Waals surface area contributed by atoms with Crippen LogP contribution in [0.1, 0.15) is 28.6 Å². The molecule has 1 amide bonds. The summed E-state index contributed by atoms with van der Waals surface area (Å²) in [5.74, 6) is -0.451. The van der Waals surface area contributed by atoms with E-state index in [1.807, 2.05) is 31.1 Å². The van der Waals surface area contributed by atoms with Crippen molar-refractivity contribution >= 4 is 28.4 Å². The van der Waals surface area contributed by atoms with Gasteiger partial charge in [-0.15, -0.1) is 0 Å². The first-order valence-corrected chi connectivity index (χ1v) is 11.4. The molecule has 0 bridgehead atoms. The SMILES string of the molecule is CC1Cc2ccccc2N1Cc1ccoc1C(=O)Nc1ccc2oc(=O)n(CCN(C)C)c2c1. The smallest absolute Gasteiger partial charge is 0.419 e. The van der Waals surface area contributed by atoms with Gasteiger partial charge in [-0.05, 0) is 63.3 Å². The van der Waals surface area contributed by atoms with Gasteiger partial charge in [-0.3, -0.25) is 9.36 Å². The molecule has 34 heavy (non-hydrogen) atoms. The van der Waals surface area contributed by atoms with Gasteiger partial charge in [0.05, 0.1) is 11.8 Å². The van der Waals surface area contributed by atoms with Crippen LogP contribution in [0.4, 0.5) is 11.4 Å². The standard InChI is InChI=1S/C26H28N4O4/c1-17-14-18-6-4-5-7-21(18)30(17)16-19-10-13-33-24(19)25(31)27-20-8-9-23-22(15-20)29(26(32)34-23)12-11-28(2)3/h4-10,13,15,17H,11-12,14,16H2,1-3H3,(H,27,31). The monoisotopic (exact) mass is 460 g/mol. The number of anilines is 2. The maximum absolute atomic E-state index is 13.1. The molecule has 1 unspecified atom stereocenters. The predicted octanol–water partition coefficient (Wildman–Crippen LogP) is 3.95. The predicted molar refractivity (Wildman–Crippen MR) is 131 cm³/mol. The second-order valence-electron chi connectivity index (χ2n) is 9.04. The van der Waals surface area contributed by atoms with Crippen LogP contribution in [0.25, 0.3) is 11.1 Å². The van der Waals surface area contributed by atoms with E-state index in [2.05, 4.69) is 35.3 Å². The molecule has 3 heterocycles. The van der Waals surface area contributed by atoms with E-state index >= 15 is 0 Å².